The maximum atomic E-state index is 11.8. The van der Waals surface area contributed by atoms with Crippen LogP contribution in [-0.2, 0) is 4.74 Å². The Hall–Kier alpha value is -0.190. The first-order valence-corrected chi connectivity index (χ1v) is 5.54. The van der Waals surface area contributed by atoms with Gasteiger partial charge in [-0.2, -0.15) is 11.3 Å². The summed E-state index contributed by atoms with van der Waals surface area (Å²) >= 11 is 4.82. The van der Waals surface area contributed by atoms with Gasteiger partial charge >= 0.3 is 0 Å². The van der Waals surface area contributed by atoms with Crippen molar-refractivity contribution in [1.29, 1.82) is 0 Å². The van der Waals surface area contributed by atoms with Crippen molar-refractivity contribution in [2.75, 3.05) is 7.11 Å². The van der Waals surface area contributed by atoms with Crippen LogP contribution < -0.4 is 0 Å². The standard InChI is InChI=1S/C9H11BrO2S/c1-9(2,12-3)8(11)6-4-13-5-7(6)10/h4-5H,1-3H3. The molecule has 0 bridgehead atoms. The van der Waals surface area contributed by atoms with E-state index in [0.29, 0.717) is 5.56 Å². The highest BCUT2D eigenvalue weighted by atomic mass is 79.9. The Morgan fingerprint density at radius 1 is 1.54 bits per heavy atom. The van der Waals surface area contributed by atoms with E-state index in [0.717, 1.165) is 4.47 Å². The molecule has 0 N–H and O–H groups in total. The lowest BCUT2D eigenvalue weighted by Crippen LogP contribution is -2.33. The van der Waals surface area contributed by atoms with Gasteiger partial charge in [0.1, 0.15) is 5.60 Å². The van der Waals surface area contributed by atoms with Gasteiger partial charge in [-0.25, -0.2) is 0 Å². The molecule has 0 saturated heterocycles. The van der Waals surface area contributed by atoms with E-state index in [4.69, 9.17) is 4.74 Å². The van der Waals surface area contributed by atoms with Gasteiger partial charge in [0.25, 0.3) is 0 Å². The Balaban J connectivity index is 2.98. The number of ketones is 1. The number of Topliss-reactive ketones (excluding diaryl/α,β-unsaturated/α-hetero) is 1. The number of thiophene rings is 1. The lowest BCUT2D eigenvalue weighted by atomic mass is 9.99. The molecule has 0 amide bonds. The number of ether oxygens (including phenoxy) is 1. The first-order valence-electron chi connectivity index (χ1n) is 3.80. The van der Waals surface area contributed by atoms with Crippen LogP contribution in [0.15, 0.2) is 15.2 Å². The van der Waals surface area contributed by atoms with Gasteiger partial charge in [-0.15, -0.1) is 0 Å². The van der Waals surface area contributed by atoms with Gasteiger partial charge < -0.3 is 4.74 Å². The number of hydrogen-bond acceptors (Lipinski definition) is 3. The number of rotatable bonds is 3. The average Bonchev–Trinajstić information content (AvgIpc) is 2.50. The summed E-state index contributed by atoms with van der Waals surface area (Å²) in [7, 11) is 1.54. The van der Waals surface area contributed by atoms with Gasteiger partial charge in [-0.05, 0) is 29.8 Å². The van der Waals surface area contributed by atoms with Crippen molar-refractivity contribution >= 4 is 33.0 Å². The fourth-order valence-electron chi connectivity index (χ4n) is 0.861. The minimum Gasteiger partial charge on any atom is -0.371 e. The SMILES string of the molecule is COC(C)(C)C(=O)c1cscc1Br. The fourth-order valence-corrected chi connectivity index (χ4v) is 2.31. The molecule has 2 nitrogen and oxygen atoms in total. The molecule has 1 rings (SSSR count). The van der Waals surface area contributed by atoms with Gasteiger partial charge in [0.2, 0.25) is 0 Å². The van der Waals surface area contributed by atoms with Gasteiger partial charge in [-0.3, -0.25) is 4.79 Å². The fraction of sp³-hybridized carbons (Fsp3) is 0.444. The number of methoxy groups -OCH3 is 1. The van der Waals surface area contributed by atoms with Crippen molar-refractivity contribution in [1.82, 2.24) is 0 Å². The normalized spacial score (nSPS) is 11.7. The van der Waals surface area contributed by atoms with Crippen molar-refractivity contribution < 1.29 is 9.53 Å². The third-order valence-electron chi connectivity index (χ3n) is 1.92. The molecule has 0 radical (unpaired) electrons. The van der Waals surface area contributed by atoms with E-state index >= 15 is 0 Å². The lowest BCUT2D eigenvalue weighted by Gasteiger charge is -2.20. The third kappa shape index (κ3) is 2.18. The summed E-state index contributed by atoms with van der Waals surface area (Å²) in [5, 5.41) is 3.71. The largest absolute Gasteiger partial charge is 0.371 e. The zero-order valence-corrected chi connectivity index (χ0v) is 10.2. The smallest absolute Gasteiger partial charge is 0.195 e. The van der Waals surface area contributed by atoms with E-state index in [1.807, 2.05) is 10.8 Å². The second-order valence-electron chi connectivity index (χ2n) is 3.18. The molecule has 72 valence electrons. The van der Waals surface area contributed by atoms with Gasteiger partial charge in [0, 0.05) is 27.9 Å². The zero-order valence-electron chi connectivity index (χ0n) is 7.76. The van der Waals surface area contributed by atoms with Crippen molar-refractivity contribution in [2.45, 2.75) is 19.4 Å². The molecule has 4 heteroatoms. The average molecular weight is 263 g/mol. The van der Waals surface area contributed by atoms with Gasteiger partial charge in [0.05, 0.1) is 0 Å². The second kappa shape index (κ2) is 3.90. The molecule has 13 heavy (non-hydrogen) atoms. The molecule has 1 aromatic rings. The predicted molar refractivity (Wildman–Crippen MR) is 57.4 cm³/mol. The first-order chi connectivity index (χ1) is 5.99. The maximum Gasteiger partial charge on any atom is 0.195 e. The number of halogens is 1. The van der Waals surface area contributed by atoms with E-state index in [2.05, 4.69) is 15.9 Å². The van der Waals surface area contributed by atoms with Crippen LogP contribution >= 0.6 is 27.3 Å². The molecule has 0 saturated carbocycles. The van der Waals surface area contributed by atoms with Gasteiger partial charge in [0.15, 0.2) is 5.78 Å². The molecule has 0 unspecified atom stereocenters. The highest BCUT2D eigenvalue weighted by Crippen LogP contribution is 2.26. The monoisotopic (exact) mass is 262 g/mol. The van der Waals surface area contributed by atoms with E-state index < -0.39 is 5.60 Å². The number of hydrogen-bond donors (Lipinski definition) is 0. The van der Waals surface area contributed by atoms with Crippen molar-refractivity contribution in [3.63, 3.8) is 0 Å². The molecular formula is C9H11BrO2S. The summed E-state index contributed by atoms with van der Waals surface area (Å²) in [6.07, 6.45) is 0. The van der Waals surface area contributed by atoms with E-state index in [9.17, 15) is 4.79 Å². The highest BCUT2D eigenvalue weighted by Gasteiger charge is 2.29. The topological polar surface area (TPSA) is 26.3 Å². The Morgan fingerprint density at radius 3 is 2.54 bits per heavy atom. The Kier molecular flexibility index (Phi) is 3.27. The summed E-state index contributed by atoms with van der Waals surface area (Å²) in [6, 6.07) is 0. The summed E-state index contributed by atoms with van der Waals surface area (Å²) in [5.74, 6) is 0.00289. The second-order valence-corrected chi connectivity index (χ2v) is 4.77. The van der Waals surface area contributed by atoms with E-state index in [1.165, 1.54) is 18.4 Å². The van der Waals surface area contributed by atoms with Crippen molar-refractivity contribution in [3.05, 3.63) is 20.8 Å². The lowest BCUT2D eigenvalue weighted by molar-refractivity contribution is 0.0228. The van der Waals surface area contributed by atoms with Crippen LogP contribution in [-0.4, -0.2) is 18.5 Å². The Labute approximate surface area is 90.0 Å². The van der Waals surface area contributed by atoms with Crippen LogP contribution in [0.25, 0.3) is 0 Å². The molecular weight excluding hydrogens is 252 g/mol. The number of carbonyl (C=O) groups excluding carboxylic acids is 1. The summed E-state index contributed by atoms with van der Waals surface area (Å²) in [5.41, 5.74) is -0.0549. The molecule has 0 aromatic carbocycles. The van der Waals surface area contributed by atoms with Crippen LogP contribution in [0.1, 0.15) is 24.2 Å². The van der Waals surface area contributed by atoms with Crippen LogP contribution in [0.5, 0.6) is 0 Å². The number of carbonyl (C=O) groups is 1. The van der Waals surface area contributed by atoms with Crippen LogP contribution in [0, 0.1) is 0 Å². The first kappa shape index (κ1) is 10.9. The van der Waals surface area contributed by atoms with Crippen LogP contribution in [0.2, 0.25) is 0 Å². The zero-order chi connectivity index (χ0) is 10.1. The molecule has 0 aliphatic heterocycles. The highest BCUT2D eigenvalue weighted by molar-refractivity contribution is 9.10. The molecule has 0 atom stereocenters. The molecule has 0 aliphatic rings. The van der Waals surface area contributed by atoms with Crippen molar-refractivity contribution in [3.8, 4) is 0 Å². The minimum absolute atomic E-state index is 0.00289. The third-order valence-corrected chi connectivity index (χ3v) is 3.62. The summed E-state index contributed by atoms with van der Waals surface area (Å²) in [4.78, 5) is 11.8. The molecule has 0 spiro atoms. The molecule has 0 fully saturated rings. The molecule has 1 heterocycles. The predicted octanol–water partition coefficient (Wildman–Crippen LogP) is 3.12. The van der Waals surface area contributed by atoms with Crippen LogP contribution in [0.4, 0.5) is 0 Å². The summed E-state index contributed by atoms with van der Waals surface area (Å²) in [6.45, 7) is 3.53. The Bertz CT molecular complexity index is 317. The minimum atomic E-state index is -0.746. The molecule has 1 aromatic heterocycles. The van der Waals surface area contributed by atoms with Crippen molar-refractivity contribution in [2.24, 2.45) is 0 Å². The quantitative estimate of drug-likeness (QED) is 0.783. The van der Waals surface area contributed by atoms with E-state index in [-0.39, 0.29) is 5.78 Å². The van der Waals surface area contributed by atoms with Crippen LogP contribution in [0.3, 0.4) is 0 Å². The van der Waals surface area contributed by atoms with E-state index in [1.54, 1.807) is 13.8 Å². The van der Waals surface area contributed by atoms with Gasteiger partial charge in [-0.1, -0.05) is 0 Å². The Morgan fingerprint density at radius 2 is 2.15 bits per heavy atom. The molecule has 0 aliphatic carbocycles. The summed E-state index contributed by atoms with van der Waals surface area (Å²) < 4.78 is 5.95. The maximum absolute atomic E-state index is 11.8.